The normalized spacial score (nSPS) is 12.4. The Morgan fingerprint density at radius 3 is 2.00 bits per heavy atom. The van der Waals surface area contributed by atoms with Crippen LogP contribution in [0.3, 0.4) is 0 Å². The maximum Gasteiger partial charge on any atom is 1.00 e. The number of hydrogen-bond acceptors (Lipinski definition) is 3. The van der Waals surface area contributed by atoms with E-state index in [1.54, 1.807) is 0 Å². The zero-order chi connectivity index (χ0) is 4.99. The summed E-state index contributed by atoms with van der Waals surface area (Å²) in [5.74, 6) is 0. The number of rotatable bonds is 2. The van der Waals surface area contributed by atoms with Gasteiger partial charge in [-0.1, -0.05) is 0 Å². The summed E-state index contributed by atoms with van der Waals surface area (Å²) in [6.45, 7) is -0.231. The summed E-state index contributed by atoms with van der Waals surface area (Å²) in [6.07, 6.45) is -1.67. The van der Waals surface area contributed by atoms with Gasteiger partial charge in [0.25, 0.3) is 0 Å². The van der Waals surface area contributed by atoms with Gasteiger partial charge in [-0.15, -0.1) is 0 Å². The molecule has 0 spiro atoms. The monoisotopic (exact) mass is 114 g/mol. The minimum atomic E-state index is -1.60. The van der Waals surface area contributed by atoms with Crippen molar-refractivity contribution in [1.29, 1.82) is 0 Å². The Morgan fingerprint density at radius 2 is 2.00 bits per heavy atom. The molecule has 0 saturated heterocycles. The van der Waals surface area contributed by atoms with E-state index < -0.39 is 6.29 Å². The van der Waals surface area contributed by atoms with Crippen molar-refractivity contribution in [3.8, 4) is 0 Å². The molecule has 0 saturated carbocycles. The second-order valence-electron chi connectivity index (χ2n) is 0.967. The Kier molecular flexibility index (Phi) is 10.6. The zero-order valence-electron chi connectivity index (χ0n) is 4.29. The number of aliphatic hydroxyl groups excluding tert-OH is 2. The second kappa shape index (κ2) is 6.88. The molecule has 0 aliphatic rings. The molecule has 4 heteroatoms. The van der Waals surface area contributed by atoms with Gasteiger partial charge in [0.1, 0.15) is 0 Å². The number of aliphatic hydroxyl groups is 2. The Morgan fingerprint density at radius 1 is 1.57 bits per heavy atom. The van der Waals surface area contributed by atoms with Crippen LogP contribution >= 0.6 is 0 Å². The smallest absolute Gasteiger partial charge is 0.831 e. The molecule has 0 rings (SSSR count). The van der Waals surface area contributed by atoms with Crippen molar-refractivity contribution in [1.82, 2.24) is 0 Å². The van der Waals surface area contributed by atoms with Gasteiger partial charge in [0.05, 0.1) is 0 Å². The van der Waals surface area contributed by atoms with E-state index in [1.165, 1.54) is 0 Å². The summed E-state index contributed by atoms with van der Waals surface area (Å²) >= 11 is 0. The molecule has 0 aromatic rings. The standard InChI is InChI=1S/C3H7O3.Na/c4-2-1-3(5)6;/h3-5H,1-2H2;/q-1;+1. The van der Waals surface area contributed by atoms with Crippen LogP contribution < -0.4 is 34.7 Å². The van der Waals surface area contributed by atoms with Crippen LogP contribution in [0.2, 0.25) is 0 Å². The minimum Gasteiger partial charge on any atom is -0.831 e. The van der Waals surface area contributed by atoms with Gasteiger partial charge in [0.15, 0.2) is 0 Å². The summed E-state index contributed by atoms with van der Waals surface area (Å²) in [7, 11) is 0. The molecule has 0 radical (unpaired) electrons. The predicted octanol–water partition coefficient (Wildman–Crippen LogP) is -4.95. The van der Waals surface area contributed by atoms with E-state index in [1.807, 2.05) is 0 Å². The van der Waals surface area contributed by atoms with Crippen molar-refractivity contribution in [2.24, 2.45) is 0 Å². The van der Waals surface area contributed by atoms with Crippen molar-refractivity contribution in [2.45, 2.75) is 12.7 Å². The molecule has 38 valence electrons. The topological polar surface area (TPSA) is 63.5 Å². The first kappa shape index (κ1) is 10.8. The molecule has 7 heavy (non-hydrogen) atoms. The van der Waals surface area contributed by atoms with Gasteiger partial charge in [-0.3, -0.25) is 0 Å². The maximum absolute atomic E-state index is 9.52. The molecule has 1 atom stereocenters. The van der Waals surface area contributed by atoms with Crippen molar-refractivity contribution >= 4 is 0 Å². The van der Waals surface area contributed by atoms with Crippen LogP contribution in [-0.2, 0) is 0 Å². The van der Waals surface area contributed by atoms with Gasteiger partial charge in [0.2, 0.25) is 0 Å². The fourth-order valence-corrected chi connectivity index (χ4v) is 0.110. The van der Waals surface area contributed by atoms with Crippen molar-refractivity contribution in [3.05, 3.63) is 0 Å². The molecule has 0 aromatic heterocycles. The van der Waals surface area contributed by atoms with E-state index in [0.29, 0.717) is 0 Å². The van der Waals surface area contributed by atoms with E-state index in [9.17, 15) is 5.11 Å². The van der Waals surface area contributed by atoms with Crippen molar-refractivity contribution in [2.75, 3.05) is 6.61 Å². The number of hydrogen-bond donors (Lipinski definition) is 2. The van der Waals surface area contributed by atoms with Crippen LogP contribution in [0.1, 0.15) is 6.42 Å². The first-order valence-electron chi connectivity index (χ1n) is 1.72. The molecule has 0 bridgehead atoms. The fourth-order valence-electron chi connectivity index (χ4n) is 0.110. The molecule has 0 amide bonds. The van der Waals surface area contributed by atoms with Gasteiger partial charge in [-0.2, -0.15) is 0 Å². The third kappa shape index (κ3) is 10.9. The van der Waals surface area contributed by atoms with Gasteiger partial charge >= 0.3 is 29.6 Å². The average molecular weight is 114 g/mol. The Bertz CT molecular complexity index is 31.4. The van der Waals surface area contributed by atoms with Crippen LogP contribution in [0, 0.1) is 0 Å². The van der Waals surface area contributed by atoms with E-state index in [0.717, 1.165) is 0 Å². The van der Waals surface area contributed by atoms with Gasteiger partial charge in [-0.25, -0.2) is 0 Å². The quantitative estimate of drug-likeness (QED) is 0.279. The molecular weight excluding hydrogens is 107 g/mol. The summed E-state index contributed by atoms with van der Waals surface area (Å²) in [6, 6.07) is 0. The van der Waals surface area contributed by atoms with E-state index >= 15 is 0 Å². The molecule has 2 N–H and O–H groups in total. The van der Waals surface area contributed by atoms with Gasteiger partial charge < -0.3 is 15.3 Å². The third-order valence-corrected chi connectivity index (χ3v) is 0.376. The molecule has 0 aliphatic heterocycles. The predicted molar refractivity (Wildman–Crippen MR) is 17.7 cm³/mol. The zero-order valence-corrected chi connectivity index (χ0v) is 6.29. The van der Waals surface area contributed by atoms with Crippen LogP contribution in [0.25, 0.3) is 0 Å². The molecule has 0 aliphatic carbocycles. The van der Waals surface area contributed by atoms with E-state index in [2.05, 4.69) is 0 Å². The van der Waals surface area contributed by atoms with Crippen LogP contribution in [0.4, 0.5) is 0 Å². The first-order chi connectivity index (χ1) is 2.77. The van der Waals surface area contributed by atoms with Crippen LogP contribution in [0.5, 0.6) is 0 Å². The van der Waals surface area contributed by atoms with Gasteiger partial charge in [-0.05, 0) is 12.7 Å². The molecule has 0 aromatic carbocycles. The van der Waals surface area contributed by atoms with Crippen molar-refractivity contribution in [3.63, 3.8) is 0 Å². The fraction of sp³-hybridized carbons (Fsp3) is 1.00. The largest absolute Gasteiger partial charge is 1.00 e. The molecular formula is C3H7NaO3. The van der Waals surface area contributed by atoms with E-state index in [4.69, 9.17) is 10.2 Å². The average Bonchev–Trinajstić information content (AvgIpc) is 1.35. The summed E-state index contributed by atoms with van der Waals surface area (Å²) in [5.41, 5.74) is 0. The summed E-state index contributed by atoms with van der Waals surface area (Å²) < 4.78 is 0. The molecule has 0 fully saturated rings. The Labute approximate surface area is 64.3 Å². The van der Waals surface area contributed by atoms with Crippen molar-refractivity contribution < 1.29 is 44.9 Å². The maximum atomic E-state index is 9.52. The first-order valence-corrected chi connectivity index (χ1v) is 1.72. The summed E-state index contributed by atoms with van der Waals surface area (Å²) in [4.78, 5) is 0. The van der Waals surface area contributed by atoms with Crippen LogP contribution in [-0.4, -0.2) is 23.1 Å². The van der Waals surface area contributed by atoms with Gasteiger partial charge in [0, 0.05) is 6.61 Å². The Balaban J connectivity index is 0. The molecule has 0 heterocycles. The summed E-state index contributed by atoms with van der Waals surface area (Å²) in [5, 5.41) is 25.2. The Hall–Kier alpha value is 0.880. The van der Waals surface area contributed by atoms with Crippen LogP contribution in [0.15, 0.2) is 0 Å². The third-order valence-electron chi connectivity index (χ3n) is 0.376. The van der Waals surface area contributed by atoms with E-state index in [-0.39, 0.29) is 42.6 Å². The molecule has 1 unspecified atom stereocenters. The second-order valence-corrected chi connectivity index (χ2v) is 0.967. The minimum absolute atomic E-state index is 0. The molecule has 3 nitrogen and oxygen atoms in total. The SMILES string of the molecule is [Na+].[O-]C(O)CCO.